The van der Waals surface area contributed by atoms with E-state index in [2.05, 4.69) is 37.1 Å². The third-order valence-corrected chi connectivity index (χ3v) is 6.14. The summed E-state index contributed by atoms with van der Waals surface area (Å²) in [7, 11) is 0. The van der Waals surface area contributed by atoms with E-state index in [-0.39, 0.29) is 0 Å². The zero-order chi connectivity index (χ0) is 21.0. The van der Waals surface area contributed by atoms with Crippen molar-refractivity contribution in [2.75, 3.05) is 18.4 Å². The van der Waals surface area contributed by atoms with E-state index in [9.17, 15) is 0 Å². The fourth-order valence-electron chi connectivity index (χ4n) is 3.29. The molecular formula is C23H18ClN5OS. The Kier molecular flexibility index (Phi) is 5.57. The Morgan fingerprint density at radius 1 is 1.06 bits per heavy atom. The van der Waals surface area contributed by atoms with Crippen molar-refractivity contribution < 1.29 is 4.74 Å². The lowest BCUT2D eigenvalue weighted by Crippen LogP contribution is -2.10. The molecule has 31 heavy (non-hydrogen) atoms. The predicted octanol–water partition coefficient (Wildman–Crippen LogP) is 5.68. The summed E-state index contributed by atoms with van der Waals surface area (Å²) in [5.74, 6) is 5.01. The Morgan fingerprint density at radius 3 is 2.77 bits per heavy atom. The zero-order valence-corrected chi connectivity index (χ0v) is 18.1. The van der Waals surface area contributed by atoms with Crippen LogP contribution in [-0.4, -0.2) is 32.9 Å². The largest absolute Gasteiger partial charge is 0.437 e. The Bertz CT molecular complexity index is 1280. The summed E-state index contributed by atoms with van der Waals surface area (Å²) in [6.45, 7) is 2.09. The third kappa shape index (κ3) is 4.55. The lowest BCUT2D eigenvalue weighted by molar-refractivity contribution is 0.463. The van der Waals surface area contributed by atoms with Crippen LogP contribution < -0.4 is 10.1 Å². The molecule has 1 N–H and O–H groups in total. The van der Waals surface area contributed by atoms with Gasteiger partial charge in [-0.15, -0.1) is 11.3 Å². The van der Waals surface area contributed by atoms with Crippen molar-refractivity contribution >= 4 is 44.7 Å². The average Bonchev–Trinajstić information content (AvgIpc) is 3.45. The minimum atomic E-state index is 0.476. The average molecular weight is 448 g/mol. The molecule has 0 saturated carbocycles. The smallest absolute Gasteiger partial charge is 0.219 e. The SMILES string of the molecule is Clc1cc(Nc2ncnc3cc(C#CN4CCCC4)sc23)ccc1Oc1ccccn1. The number of halogens is 1. The summed E-state index contributed by atoms with van der Waals surface area (Å²) in [6.07, 6.45) is 5.66. The van der Waals surface area contributed by atoms with Crippen molar-refractivity contribution in [1.82, 2.24) is 19.9 Å². The van der Waals surface area contributed by atoms with Crippen LogP contribution in [0.5, 0.6) is 11.6 Å². The number of aromatic nitrogens is 3. The quantitative estimate of drug-likeness (QED) is 0.406. The van der Waals surface area contributed by atoms with E-state index in [1.807, 2.05) is 24.3 Å². The standard InChI is InChI=1S/C23H18ClN5OS/c24-18-13-16(6-7-20(18)30-21-5-1-2-9-25-21)28-23-22-19(26-15-27-23)14-17(31-22)8-12-29-10-3-4-11-29/h1-2,5-7,9,13-15H,3-4,10-11H2,(H,26,27,28). The number of ether oxygens (including phenoxy) is 1. The molecule has 5 rings (SSSR count). The van der Waals surface area contributed by atoms with Crippen molar-refractivity contribution in [3.63, 3.8) is 0 Å². The zero-order valence-electron chi connectivity index (χ0n) is 16.5. The second-order valence-corrected chi connectivity index (χ2v) is 8.48. The molecule has 4 aromatic rings. The number of hydrogen-bond donors (Lipinski definition) is 1. The van der Waals surface area contributed by atoms with E-state index in [0.717, 1.165) is 39.7 Å². The molecule has 0 bridgehead atoms. The van der Waals surface area contributed by atoms with Crippen LogP contribution in [0, 0.1) is 12.0 Å². The molecule has 3 aromatic heterocycles. The second-order valence-electron chi connectivity index (χ2n) is 7.02. The number of anilines is 2. The highest BCUT2D eigenvalue weighted by molar-refractivity contribution is 7.20. The van der Waals surface area contributed by atoms with Crippen LogP contribution in [0.1, 0.15) is 17.7 Å². The van der Waals surface area contributed by atoms with Crippen LogP contribution >= 0.6 is 22.9 Å². The van der Waals surface area contributed by atoms with Gasteiger partial charge in [-0.05, 0) is 49.1 Å². The number of benzene rings is 1. The van der Waals surface area contributed by atoms with Gasteiger partial charge < -0.3 is 15.0 Å². The Hall–Kier alpha value is -3.34. The lowest BCUT2D eigenvalue weighted by atomic mass is 10.3. The molecular weight excluding hydrogens is 430 g/mol. The van der Waals surface area contributed by atoms with Gasteiger partial charge >= 0.3 is 0 Å². The first-order valence-corrected chi connectivity index (χ1v) is 11.1. The Balaban J connectivity index is 1.36. The van der Waals surface area contributed by atoms with Crippen LogP contribution in [0.4, 0.5) is 11.5 Å². The number of fused-ring (bicyclic) bond motifs is 1. The molecule has 1 saturated heterocycles. The number of hydrogen-bond acceptors (Lipinski definition) is 7. The maximum Gasteiger partial charge on any atom is 0.219 e. The number of pyridine rings is 1. The van der Waals surface area contributed by atoms with Gasteiger partial charge in [0.15, 0.2) is 5.82 Å². The molecule has 1 aliphatic heterocycles. The molecule has 0 spiro atoms. The molecule has 0 amide bonds. The first-order valence-electron chi connectivity index (χ1n) is 9.91. The highest BCUT2D eigenvalue weighted by Gasteiger charge is 2.11. The predicted molar refractivity (Wildman–Crippen MR) is 124 cm³/mol. The van der Waals surface area contributed by atoms with Crippen LogP contribution in [0.3, 0.4) is 0 Å². The van der Waals surface area contributed by atoms with Gasteiger partial charge in [0.1, 0.15) is 12.1 Å². The Labute approximate surface area is 188 Å². The van der Waals surface area contributed by atoms with Crippen LogP contribution in [-0.2, 0) is 0 Å². The molecule has 8 heteroatoms. The summed E-state index contributed by atoms with van der Waals surface area (Å²) in [6, 6.07) is 16.2. The maximum absolute atomic E-state index is 6.43. The maximum atomic E-state index is 6.43. The van der Waals surface area contributed by atoms with E-state index in [1.165, 1.54) is 12.8 Å². The summed E-state index contributed by atoms with van der Waals surface area (Å²) in [5, 5.41) is 3.81. The van der Waals surface area contributed by atoms with E-state index in [4.69, 9.17) is 16.3 Å². The highest BCUT2D eigenvalue weighted by atomic mass is 35.5. The van der Waals surface area contributed by atoms with Gasteiger partial charge in [0.2, 0.25) is 5.88 Å². The molecule has 154 valence electrons. The third-order valence-electron chi connectivity index (χ3n) is 4.80. The minimum Gasteiger partial charge on any atom is -0.437 e. The van der Waals surface area contributed by atoms with Crippen molar-refractivity contribution in [3.05, 3.63) is 64.9 Å². The van der Waals surface area contributed by atoms with Crippen molar-refractivity contribution in [3.8, 4) is 23.6 Å². The summed E-state index contributed by atoms with van der Waals surface area (Å²) < 4.78 is 6.70. The van der Waals surface area contributed by atoms with Gasteiger partial charge in [-0.1, -0.05) is 17.7 Å². The molecule has 0 radical (unpaired) electrons. The van der Waals surface area contributed by atoms with Crippen molar-refractivity contribution in [2.45, 2.75) is 12.8 Å². The summed E-state index contributed by atoms with van der Waals surface area (Å²) in [5.41, 5.74) is 1.67. The van der Waals surface area contributed by atoms with Crippen LogP contribution in [0.25, 0.3) is 10.2 Å². The molecule has 0 unspecified atom stereocenters. The first-order chi connectivity index (χ1) is 15.2. The summed E-state index contributed by atoms with van der Waals surface area (Å²) >= 11 is 8.01. The van der Waals surface area contributed by atoms with Crippen molar-refractivity contribution in [1.29, 1.82) is 0 Å². The molecule has 1 aromatic carbocycles. The topological polar surface area (TPSA) is 63.2 Å². The number of rotatable bonds is 4. The second kappa shape index (κ2) is 8.80. The van der Waals surface area contributed by atoms with E-state index in [0.29, 0.717) is 16.7 Å². The molecule has 0 aliphatic carbocycles. The molecule has 1 aliphatic rings. The number of thiophene rings is 1. The number of nitrogens with zero attached hydrogens (tertiary/aromatic N) is 4. The highest BCUT2D eigenvalue weighted by Crippen LogP contribution is 2.34. The van der Waals surface area contributed by atoms with Gasteiger partial charge in [0.25, 0.3) is 0 Å². The van der Waals surface area contributed by atoms with Crippen LogP contribution in [0.2, 0.25) is 5.02 Å². The minimum absolute atomic E-state index is 0.476. The number of nitrogens with one attached hydrogen (secondary N) is 1. The molecule has 6 nitrogen and oxygen atoms in total. The number of likely N-dealkylation sites (tertiary alicyclic amines) is 1. The normalized spacial score (nSPS) is 13.1. The van der Waals surface area contributed by atoms with Crippen LogP contribution in [0.15, 0.2) is 55.0 Å². The van der Waals surface area contributed by atoms with Gasteiger partial charge in [-0.3, -0.25) is 0 Å². The van der Waals surface area contributed by atoms with Gasteiger partial charge in [0.05, 0.1) is 20.1 Å². The monoisotopic (exact) mass is 447 g/mol. The fourth-order valence-corrected chi connectivity index (χ4v) is 4.41. The van der Waals surface area contributed by atoms with E-state index < -0.39 is 0 Å². The van der Waals surface area contributed by atoms with E-state index >= 15 is 0 Å². The van der Waals surface area contributed by atoms with Gasteiger partial charge in [-0.2, -0.15) is 0 Å². The molecule has 0 atom stereocenters. The fraction of sp³-hybridized carbons (Fsp3) is 0.174. The lowest BCUT2D eigenvalue weighted by Gasteiger charge is -2.10. The molecule has 1 fully saturated rings. The summed E-state index contributed by atoms with van der Waals surface area (Å²) in [4.78, 5) is 16.1. The van der Waals surface area contributed by atoms with Gasteiger partial charge in [0, 0.05) is 37.1 Å². The Morgan fingerprint density at radius 2 is 1.97 bits per heavy atom. The molecule has 4 heterocycles. The van der Waals surface area contributed by atoms with Gasteiger partial charge in [-0.25, -0.2) is 15.0 Å². The van der Waals surface area contributed by atoms with E-state index in [1.54, 1.807) is 42.1 Å². The first kappa shape index (κ1) is 19.6. The van der Waals surface area contributed by atoms with Crippen molar-refractivity contribution in [2.24, 2.45) is 0 Å².